The highest BCUT2D eigenvalue weighted by Crippen LogP contribution is 2.58. The summed E-state index contributed by atoms with van der Waals surface area (Å²) in [7, 11) is -1.09. The Balaban J connectivity index is 0.745. The summed E-state index contributed by atoms with van der Waals surface area (Å²) in [5, 5.41) is 14.0. The van der Waals surface area contributed by atoms with E-state index in [2.05, 4.69) is 78.0 Å². The maximum atomic E-state index is 15.4. The normalized spacial score (nSPS) is 22.7. The van der Waals surface area contributed by atoms with Gasteiger partial charge in [0.2, 0.25) is 23.7 Å². The van der Waals surface area contributed by atoms with Crippen LogP contribution in [0.2, 0.25) is 0 Å². The van der Waals surface area contributed by atoms with Crippen molar-refractivity contribution in [1.82, 2.24) is 30.1 Å². The maximum Gasteiger partial charge on any atom is 0.234 e. The molecule has 73 heavy (non-hydrogen) atoms. The Morgan fingerprint density at radius 3 is 2.27 bits per heavy atom. The molecule has 1 unspecified atom stereocenters. The fourth-order valence-corrected chi connectivity index (χ4v) is 14.1. The van der Waals surface area contributed by atoms with Gasteiger partial charge >= 0.3 is 0 Å². The van der Waals surface area contributed by atoms with Crippen LogP contribution < -0.4 is 36.2 Å². The van der Waals surface area contributed by atoms with E-state index in [4.69, 9.17) is 14.7 Å². The lowest BCUT2D eigenvalue weighted by molar-refractivity contribution is -0.144. The Labute approximate surface area is 433 Å². The number of nitrogens with zero attached hydrogens (tertiary/aromatic N) is 6. The van der Waals surface area contributed by atoms with Crippen LogP contribution in [0.3, 0.4) is 0 Å². The third kappa shape index (κ3) is 10.0. The van der Waals surface area contributed by atoms with Crippen LogP contribution in [0.15, 0.2) is 59.2 Å². The van der Waals surface area contributed by atoms with Crippen LogP contribution in [-0.2, 0) is 31.8 Å². The first-order chi connectivity index (χ1) is 35.0. The van der Waals surface area contributed by atoms with Crippen LogP contribution in [0, 0.1) is 17.0 Å². The molecule has 5 aliphatic rings. The molecule has 15 nitrogen and oxygen atoms in total. The number of fused-ring (bicyclic) bond motifs is 3. The minimum absolute atomic E-state index is 0.0307. The van der Waals surface area contributed by atoms with E-state index in [1.165, 1.54) is 17.7 Å². The van der Waals surface area contributed by atoms with Crippen LogP contribution in [-0.4, -0.2) is 114 Å². The van der Waals surface area contributed by atoms with E-state index in [-0.39, 0.29) is 24.3 Å². The number of amides is 3. The number of aryl methyl sites for hydroxylation is 2. The number of imide groups is 1. The maximum absolute atomic E-state index is 15.4. The van der Waals surface area contributed by atoms with Crippen molar-refractivity contribution >= 4 is 91.5 Å². The third-order valence-corrected chi connectivity index (χ3v) is 18.3. The fourth-order valence-electron chi connectivity index (χ4n) is 12.4. The molecule has 386 valence electrons. The van der Waals surface area contributed by atoms with Gasteiger partial charge in [-0.05, 0) is 135 Å². The number of pyridine rings is 1. The molecule has 2 saturated carbocycles. The summed E-state index contributed by atoms with van der Waals surface area (Å²) in [6, 6.07) is 15.0. The minimum Gasteiger partial charge on any atom is -0.494 e. The summed E-state index contributed by atoms with van der Waals surface area (Å²) < 4.78 is 51.2. The molecule has 5 fully saturated rings. The molecule has 3 saturated heterocycles. The lowest BCUT2D eigenvalue weighted by atomic mass is 9.82. The van der Waals surface area contributed by atoms with Gasteiger partial charge in [0, 0.05) is 103 Å². The molecular weight excluding hydrogens is 1020 g/mol. The molecule has 19 heteroatoms. The van der Waals surface area contributed by atoms with Crippen LogP contribution >= 0.6 is 23.1 Å². The van der Waals surface area contributed by atoms with Gasteiger partial charge in [0.15, 0.2) is 0 Å². The van der Waals surface area contributed by atoms with Crippen molar-refractivity contribution in [2.75, 3.05) is 80.6 Å². The summed E-state index contributed by atoms with van der Waals surface area (Å²) in [6.07, 6.45) is 8.92. The number of hydrogen-bond acceptors (Lipinski definition) is 13. The number of rotatable bonds is 14. The highest BCUT2D eigenvalue weighted by molar-refractivity contribution is 9.10. The molecule has 2 aliphatic carbocycles. The van der Waals surface area contributed by atoms with Crippen LogP contribution in [0.25, 0.3) is 10.9 Å². The highest BCUT2D eigenvalue weighted by Gasteiger charge is 2.59. The van der Waals surface area contributed by atoms with Gasteiger partial charge in [0.05, 0.1) is 39.8 Å². The molecular formula is C54H64BrF2N10O5P. The number of aromatic nitrogens is 3. The quantitative estimate of drug-likeness (QED) is 0.0613. The van der Waals surface area contributed by atoms with Gasteiger partial charge in [-0.25, -0.2) is 13.8 Å². The summed E-state index contributed by atoms with van der Waals surface area (Å²) in [6.45, 7) is 12.5. The smallest absolute Gasteiger partial charge is 0.234 e. The van der Waals surface area contributed by atoms with Gasteiger partial charge in [-0.2, -0.15) is 4.98 Å². The van der Waals surface area contributed by atoms with Gasteiger partial charge in [0.25, 0.3) is 0 Å². The number of piperazine rings is 1. The van der Waals surface area contributed by atoms with E-state index in [9.17, 15) is 18.9 Å². The van der Waals surface area contributed by atoms with Crippen molar-refractivity contribution in [2.24, 2.45) is 5.41 Å². The lowest BCUT2D eigenvalue weighted by Gasteiger charge is -2.45. The zero-order chi connectivity index (χ0) is 51.4. The van der Waals surface area contributed by atoms with E-state index >= 15 is 8.78 Å². The summed E-state index contributed by atoms with van der Waals surface area (Å²) in [5.41, 5.74) is 4.60. The van der Waals surface area contributed by atoms with Crippen molar-refractivity contribution in [2.45, 2.75) is 102 Å². The number of carbonyl (C=O) groups excluding carboxylic acids is 3. The third-order valence-electron chi connectivity index (χ3n) is 16.1. The minimum atomic E-state index is -2.76. The summed E-state index contributed by atoms with van der Waals surface area (Å²) in [4.78, 5) is 59.6. The first-order valence-electron chi connectivity index (χ1n) is 25.6. The number of methoxy groups -OCH3 is 1. The highest BCUT2D eigenvalue weighted by atomic mass is 79.9. The molecule has 3 aliphatic heterocycles. The standard InChI is InChI=1S/C54H64BrF2N10O5P/c1-6-32-26-43(61-52-58-30-38(55)49(63-52)60-42-12-11-41-36(48(42)73(4,5)71)9-8-33(7-2)59-41)45(72-3)29-44(32)66-20-14-35(15-21-66)65-22-24-67(25-23-65)51(70)53-16-18-54(31-53,19-17-53)64-34-27-39(56)47(40(57)28-34)37-10-13-46(68)62-50(37)69/h8-9,11-12,26-30,35,37,64H,6-7,10,13-25,31H2,1-5H3,(H,62,68,69)(H2,58,60,61,63). The topological polar surface area (TPSA) is 174 Å². The summed E-state index contributed by atoms with van der Waals surface area (Å²) in [5.74, 6) is -2.05. The first kappa shape index (κ1) is 50.8. The second-order valence-electron chi connectivity index (χ2n) is 21.0. The van der Waals surface area contributed by atoms with E-state index in [0.717, 1.165) is 111 Å². The molecule has 3 amide bonds. The Morgan fingerprint density at radius 2 is 1.62 bits per heavy atom. The average Bonchev–Trinajstić information content (AvgIpc) is 3.94. The number of hydrogen-bond donors (Lipinski definition) is 4. The number of ether oxygens (including phenoxy) is 1. The van der Waals surface area contributed by atoms with Crippen molar-refractivity contribution in [3.8, 4) is 5.75 Å². The van der Waals surface area contributed by atoms with Gasteiger partial charge < -0.3 is 35.1 Å². The molecule has 1 atom stereocenters. The number of halogens is 3. The van der Waals surface area contributed by atoms with Gasteiger partial charge in [0.1, 0.15) is 30.3 Å². The van der Waals surface area contributed by atoms with Crippen molar-refractivity contribution in [1.29, 1.82) is 0 Å². The largest absolute Gasteiger partial charge is 0.494 e. The van der Waals surface area contributed by atoms with Gasteiger partial charge in [-0.1, -0.05) is 19.9 Å². The molecule has 10 rings (SSSR count). The SMILES string of the molecule is CCc1ccc2c(P(C)(C)=O)c(Nc3nc(Nc4cc(CC)c(N5CCC(N6CCN(C(=O)C78CCC(Nc9cc(F)c(C%10CCC(=O)NC%10=O)c(F)c9)(CC7)C8)CC6)CC5)cc4OC)ncc3Br)ccc2n1. The molecule has 3 aromatic carbocycles. The zero-order valence-electron chi connectivity index (χ0n) is 42.2. The molecule has 0 spiro atoms. The van der Waals surface area contributed by atoms with E-state index in [1.807, 2.05) is 29.2 Å². The van der Waals surface area contributed by atoms with Crippen molar-refractivity contribution < 1.29 is 32.5 Å². The number of benzene rings is 3. The van der Waals surface area contributed by atoms with E-state index < -0.39 is 47.5 Å². The molecule has 4 N–H and O–H groups in total. The van der Waals surface area contributed by atoms with Crippen LogP contribution in [0.4, 0.5) is 43.3 Å². The van der Waals surface area contributed by atoms with Gasteiger partial charge in [-0.15, -0.1) is 0 Å². The Morgan fingerprint density at radius 1 is 0.890 bits per heavy atom. The Hall–Kier alpha value is -5.71. The van der Waals surface area contributed by atoms with E-state index in [0.29, 0.717) is 58.9 Å². The fraction of sp³-hybridized carbons (Fsp3) is 0.481. The Kier molecular flexibility index (Phi) is 14.1. The zero-order valence-corrected chi connectivity index (χ0v) is 44.7. The number of nitrogens with one attached hydrogen (secondary N) is 4. The second kappa shape index (κ2) is 20.2. The second-order valence-corrected chi connectivity index (χ2v) is 25.0. The van der Waals surface area contributed by atoms with Crippen LogP contribution in [0.5, 0.6) is 5.75 Å². The molecule has 5 heterocycles. The number of carbonyl (C=O) groups is 3. The van der Waals surface area contributed by atoms with Crippen LogP contribution in [0.1, 0.15) is 94.4 Å². The molecule has 5 aromatic rings. The van der Waals surface area contributed by atoms with E-state index in [1.54, 1.807) is 26.6 Å². The van der Waals surface area contributed by atoms with Crippen molar-refractivity contribution in [3.05, 3.63) is 87.7 Å². The molecule has 2 bridgehead atoms. The molecule has 0 radical (unpaired) electrons. The summed E-state index contributed by atoms with van der Waals surface area (Å²) >= 11 is 3.63. The monoisotopic (exact) mass is 1080 g/mol. The van der Waals surface area contributed by atoms with Crippen molar-refractivity contribution in [3.63, 3.8) is 0 Å². The average molecular weight is 1080 g/mol. The Bertz CT molecular complexity index is 3020. The first-order valence-corrected chi connectivity index (χ1v) is 29.0. The predicted octanol–water partition coefficient (Wildman–Crippen LogP) is 9.38. The number of anilines is 6. The predicted molar refractivity (Wildman–Crippen MR) is 286 cm³/mol. The lowest BCUT2D eigenvalue weighted by Crippen LogP contribution is -2.56. The van der Waals surface area contributed by atoms with Gasteiger partial charge in [-0.3, -0.25) is 29.6 Å². The number of piperidine rings is 2. The molecule has 2 aromatic heterocycles.